The summed E-state index contributed by atoms with van der Waals surface area (Å²) in [7, 11) is 0. The first-order valence-electron chi connectivity index (χ1n) is 6.33. The van der Waals surface area contributed by atoms with Crippen LogP contribution in [-0.4, -0.2) is 17.6 Å². The van der Waals surface area contributed by atoms with Crippen molar-refractivity contribution in [2.45, 2.75) is 32.1 Å². The summed E-state index contributed by atoms with van der Waals surface area (Å²) in [6, 6.07) is 7.03. The number of benzene rings is 1. The van der Waals surface area contributed by atoms with Crippen molar-refractivity contribution >= 4 is 11.7 Å². The molecule has 3 nitrogen and oxygen atoms in total. The third-order valence-electron chi connectivity index (χ3n) is 3.43. The second-order valence-electron chi connectivity index (χ2n) is 4.77. The second kappa shape index (κ2) is 5.71. The molecule has 2 N–H and O–H groups in total. The number of rotatable bonds is 4. The molecule has 1 aromatic carbocycles. The highest BCUT2D eigenvalue weighted by Crippen LogP contribution is 2.24. The van der Waals surface area contributed by atoms with E-state index < -0.39 is 5.97 Å². The number of hydrogen-bond acceptors (Lipinski definition) is 2. The van der Waals surface area contributed by atoms with E-state index >= 15 is 0 Å². The molecular formula is C14H19NO2. The van der Waals surface area contributed by atoms with Crippen molar-refractivity contribution in [2.24, 2.45) is 5.92 Å². The molecule has 0 spiro atoms. The lowest BCUT2D eigenvalue weighted by molar-refractivity contribution is 0.0697. The van der Waals surface area contributed by atoms with E-state index in [4.69, 9.17) is 5.11 Å². The van der Waals surface area contributed by atoms with Gasteiger partial charge in [-0.1, -0.05) is 25.3 Å². The minimum atomic E-state index is -0.869. The molecule has 0 aliphatic heterocycles. The molecule has 0 unspecified atom stereocenters. The van der Waals surface area contributed by atoms with Crippen LogP contribution in [0.25, 0.3) is 0 Å². The van der Waals surface area contributed by atoms with E-state index in [1.165, 1.54) is 32.1 Å². The molecule has 92 valence electrons. The molecule has 0 amide bonds. The van der Waals surface area contributed by atoms with Gasteiger partial charge in [0.15, 0.2) is 0 Å². The second-order valence-corrected chi connectivity index (χ2v) is 4.77. The van der Waals surface area contributed by atoms with Crippen LogP contribution in [0.15, 0.2) is 24.3 Å². The van der Waals surface area contributed by atoms with Gasteiger partial charge in [0, 0.05) is 12.2 Å². The standard InChI is InChI=1S/C14H19NO2/c16-14(17)12-7-4-8-13(9-12)15-10-11-5-2-1-3-6-11/h4,7-9,11,15H,1-3,5-6,10H2,(H,16,17). The lowest BCUT2D eigenvalue weighted by Crippen LogP contribution is -2.17. The summed E-state index contributed by atoms with van der Waals surface area (Å²) in [5.41, 5.74) is 1.26. The fraction of sp³-hybridized carbons (Fsp3) is 0.500. The van der Waals surface area contributed by atoms with Gasteiger partial charge in [-0.05, 0) is 37.0 Å². The lowest BCUT2D eigenvalue weighted by Gasteiger charge is -2.22. The Morgan fingerprint density at radius 3 is 2.76 bits per heavy atom. The van der Waals surface area contributed by atoms with Crippen molar-refractivity contribution in [3.05, 3.63) is 29.8 Å². The van der Waals surface area contributed by atoms with E-state index in [0.717, 1.165) is 18.2 Å². The highest BCUT2D eigenvalue weighted by Gasteiger charge is 2.13. The van der Waals surface area contributed by atoms with Crippen LogP contribution in [0.2, 0.25) is 0 Å². The van der Waals surface area contributed by atoms with E-state index in [-0.39, 0.29) is 0 Å². The fourth-order valence-corrected chi connectivity index (χ4v) is 2.42. The molecule has 17 heavy (non-hydrogen) atoms. The van der Waals surface area contributed by atoms with Crippen LogP contribution >= 0.6 is 0 Å². The van der Waals surface area contributed by atoms with Gasteiger partial charge in [0.05, 0.1) is 5.56 Å². The molecule has 0 aromatic heterocycles. The van der Waals surface area contributed by atoms with Crippen LogP contribution in [0.4, 0.5) is 5.69 Å². The summed E-state index contributed by atoms with van der Waals surface area (Å²) >= 11 is 0. The molecule has 1 aliphatic carbocycles. The Morgan fingerprint density at radius 1 is 1.29 bits per heavy atom. The molecule has 0 radical (unpaired) electrons. The molecule has 1 aromatic rings. The predicted octanol–water partition coefficient (Wildman–Crippen LogP) is 3.38. The van der Waals surface area contributed by atoms with Gasteiger partial charge < -0.3 is 10.4 Å². The van der Waals surface area contributed by atoms with Gasteiger partial charge in [-0.2, -0.15) is 0 Å². The Bertz CT molecular complexity index is 384. The molecule has 0 bridgehead atoms. The molecule has 0 atom stereocenters. The average molecular weight is 233 g/mol. The number of hydrogen-bond donors (Lipinski definition) is 2. The van der Waals surface area contributed by atoms with Crippen LogP contribution in [0, 0.1) is 5.92 Å². The fourth-order valence-electron chi connectivity index (χ4n) is 2.42. The maximum atomic E-state index is 10.8. The van der Waals surface area contributed by atoms with E-state index in [0.29, 0.717) is 5.56 Å². The number of carbonyl (C=O) groups is 1. The highest BCUT2D eigenvalue weighted by atomic mass is 16.4. The molecule has 0 saturated heterocycles. The van der Waals surface area contributed by atoms with E-state index in [2.05, 4.69) is 5.32 Å². The van der Waals surface area contributed by atoms with Gasteiger partial charge in [-0.25, -0.2) is 4.79 Å². The van der Waals surface area contributed by atoms with E-state index in [1.807, 2.05) is 6.07 Å². The molecule has 1 fully saturated rings. The number of aromatic carboxylic acids is 1. The largest absolute Gasteiger partial charge is 0.478 e. The lowest BCUT2D eigenvalue weighted by atomic mass is 9.89. The van der Waals surface area contributed by atoms with Crippen molar-refractivity contribution in [1.82, 2.24) is 0 Å². The van der Waals surface area contributed by atoms with Crippen molar-refractivity contribution in [1.29, 1.82) is 0 Å². The molecular weight excluding hydrogens is 214 g/mol. The van der Waals surface area contributed by atoms with Crippen LogP contribution in [0.1, 0.15) is 42.5 Å². The maximum absolute atomic E-state index is 10.8. The highest BCUT2D eigenvalue weighted by molar-refractivity contribution is 5.88. The molecule has 3 heteroatoms. The summed E-state index contributed by atoms with van der Waals surface area (Å²) in [4.78, 5) is 10.8. The van der Waals surface area contributed by atoms with Gasteiger partial charge in [0.25, 0.3) is 0 Å². The smallest absolute Gasteiger partial charge is 0.335 e. The van der Waals surface area contributed by atoms with Crippen LogP contribution in [0.3, 0.4) is 0 Å². The monoisotopic (exact) mass is 233 g/mol. The zero-order chi connectivity index (χ0) is 12.1. The predicted molar refractivity (Wildman–Crippen MR) is 68.5 cm³/mol. The topological polar surface area (TPSA) is 49.3 Å². The normalized spacial score (nSPS) is 16.7. The van der Waals surface area contributed by atoms with Crippen molar-refractivity contribution in [2.75, 3.05) is 11.9 Å². The zero-order valence-electron chi connectivity index (χ0n) is 9.98. The van der Waals surface area contributed by atoms with Crippen LogP contribution in [-0.2, 0) is 0 Å². The zero-order valence-corrected chi connectivity index (χ0v) is 9.98. The van der Waals surface area contributed by atoms with Crippen molar-refractivity contribution in [3.8, 4) is 0 Å². The summed E-state index contributed by atoms with van der Waals surface area (Å²) in [5.74, 6) is -0.122. The number of nitrogens with one attached hydrogen (secondary N) is 1. The summed E-state index contributed by atoms with van der Waals surface area (Å²) in [5, 5.41) is 12.2. The quantitative estimate of drug-likeness (QED) is 0.838. The third kappa shape index (κ3) is 3.48. The van der Waals surface area contributed by atoms with Gasteiger partial charge in [0.1, 0.15) is 0 Å². The van der Waals surface area contributed by atoms with Gasteiger partial charge >= 0.3 is 5.97 Å². The van der Waals surface area contributed by atoms with Crippen molar-refractivity contribution < 1.29 is 9.90 Å². The van der Waals surface area contributed by atoms with Crippen molar-refractivity contribution in [3.63, 3.8) is 0 Å². The molecule has 2 rings (SSSR count). The van der Waals surface area contributed by atoms with Gasteiger partial charge in [-0.3, -0.25) is 0 Å². The van der Waals surface area contributed by atoms with Gasteiger partial charge in [-0.15, -0.1) is 0 Å². The van der Waals surface area contributed by atoms with Crippen LogP contribution in [0.5, 0.6) is 0 Å². The average Bonchev–Trinajstić information content (AvgIpc) is 2.38. The first-order valence-corrected chi connectivity index (χ1v) is 6.33. The Kier molecular flexibility index (Phi) is 4.02. The summed E-state index contributed by atoms with van der Waals surface area (Å²) < 4.78 is 0. The minimum Gasteiger partial charge on any atom is -0.478 e. The number of anilines is 1. The maximum Gasteiger partial charge on any atom is 0.335 e. The Balaban J connectivity index is 1.89. The first kappa shape index (κ1) is 12.0. The Morgan fingerprint density at radius 2 is 2.06 bits per heavy atom. The first-order chi connectivity index (χ1) is 8.25. The Labute approximate surface area is 102 Å². The molecule has 0 heterocycles. The third-order valence-corrected chi connectivity index (χ3v) is 3.43. The number of carboxylic acid groups (broad SMARTS) is 1. The van der Waals surface area contributed by atoms with Crippen LogP contribution < -0.4 is 5.32 Å². The summed E-state index contributed by atoms with van der Waals surface area (Å²) in [6.45, 7) is 0.961. The minimum absolute atomic E-state index is 0.346. The SMILES string of the molecule is O=C(O)c1cccc(NCC2CCCCC2)c1. The Hall–Kier alpha value is -1.51. The summed E-state index contributed by atoms with van der Waals surface area (Å²) in [6.07, 6.45) is 6.63. The molecule has 1 saturated carbocycles. The number of carboxylic acids is 1. The van der Waals surface area contributed by atoms with E-state index in [1.54, 1.807) is 18.2 Å². The van der Waals surface area contributed by atoms with E-state index in [9.17, 15) is 4.79 Å². The van der Waals surface area contributed by atoms with Gasteiger partial charge in [0.2, 0.25) is 0 Å². The molecule has 1 aliphatic rings.